The van der Waals surface area contributed by atoms with Crippen LogP contribution in [0.5, 0.6) is 5.75 Å². The molecule has 0 saturated carbocycles. The van der Waals surface area contributed by atoms with Crippen molar-refractivity contribution in [2.24, 2.45) is 0 Å². The maximum Gasteiger partial charge on any atom is 0.328 e. The molecule has 1 aromatic carbocycles. The van der Waals surface area contributed by atoms with Gasteiger partial charge in [-0.2, -0.15) is 0 Å². The van der Waals surface area contributed by atoms with E-state index >= 15 is 0 Å². The fourth-order valence-corrected chi connectivity index (χ4v) is 4.49. The molecule has 0 atom stereocenters. The van der Waals surface area contributed by atoms with Gasteiger partial charge in [-0.05, 0) is 50.8 Å². The van der Waals surface area contributed by atoms with Gasteiger partial charge in [0.1, 0.15) is 5.75 Å². The molecule has 4 rings (SSSR count). The van der Waals surface area contributed by atoms with Gasteiger partial charge in [0, 0.05) is 44.0 Å². The lowest BCUT2D eigenvalue weighted by atomic mass is 9.97. The summed E-state index contributed by atoms with van der Waals surface area (Å²) in [5, 5.41) is 0. The SMILES string of the molecule is COc1ccccc1N1CCN(CCCn2c(=O)[nH]c3c(c2=O)CCCC3)CC1. The molecule has 7 heteroatoms. The topological polar surface area (TPSA) is 70.6 Å². The number of anilines is 1. The summed E-state index contributed by atoms with van der Waals surface area (Å²) in [4.78, 5) is 32.7. The number of piperazine rings is 1. The first kappa shape index (κ1) is 19.8. The molecule has 0 bridgehead atoms. The Morgan fingerprint density at radius 3 is 2.55 bits per heavy atom. The zero-order valence-corrected chi connectivity index (χ0v) is 17.2. The summed E-state index contributed by atoms with van der Waals surface area (Å²) in [5.74, 6) is 0.909. The van der Waals surface area contributed by atoms with Crippen LogP contribution in [0.15, 0.2) is 33.9 Å². The quantitative estimate of drug-likeness (QED) is 0.801. The van der Waals surface area contributed by atoms with E-state index in [2.05, 4.69) is 20.9 Å². The molecule has 7 nitrogen and oxygen atoms in total. The van der Waals surface area contributed by atoms with Crippen molar-refractivity contribution in [1.29, 1.82) is 0 Å². The van der Waals surface area contributed by atoms with Crippen LogP contribution in [0.4, 0.5) is 5.69 Å². The van der Waals surface area contributed by atoms with Crippen LogP contribution in [0, 0.1) is 0 Å². The van der Waals surface area contributed by atoms with E-state index in [4.69, 9.17) is 4.74 Å². The Morgan fingerprint density at radius 2 is 1.76 bits per heavy atom. The zero-order chi connectivity index (χ0) is 20.2. The second-order valence-corrected chi connectivity index (χ2v) is 7.91. The smallest absolute Gasteiger partial charge is 0.328 e. The van der Waals surface area contributed by atoms with E-state index in [1.165, 1.54) is 4.57 Å². The summed E-state index contributed by atoms with van der Waals surface area (Å²) in [5.41, 5.74) is 2.49. The first-order valence-electron chi connectivity index (χ1n) is 10.6. The van der Waals surface area contributed by atoms with Gasteiger partial charge in [0.15, 0.2) is 0 Å². The number of methoxy groups -OCH3 is 1. The van der Waals surface area contributed by atoms with Gasteiger partial charge in [0.25, 0.3) is 5.56 Å². The zero-order valence-electron chi connectivity index (χ0n) is 17.2. The van der Waals surface area contributed by atoms with Gasteiger partial charge < -0.3 is 14.6 Å². The van der Waals surface area contributed by atoms with E-state index in [1.54, 1.807) is 7.11 Å². The standard InChI is InChI=1S/C22H30N4O3/c1-29-20-10-5-4-9-19(20)25-15-13-24(14-16-25)11-6-12-26-21(27)17-7-2-3-8-18(17)23-22(26)28/h4-5,9-10H,2-3,6-8,11-16H2,1H3,(H,23,28). The van der Waals surface area contributed by atoms with Crippen molar-refractivity contribution >= 4 is 5.69 Å². The third-order valence-corrected chi connectivity index (χ3v) is 6.13. The molecular weight excluding hydrogens is 368 g/mol. The average molecular weight is 399 g/mol. The maximum atomic E-state index is 12.7. The Kier molecular flexibility index (Phi) is 6.04. The van der Waals surface area contributed by atoms with Crippen molar-refractivity contribution in [2.75, 3.05) is 44.7 Å². The van der Waals surface area contributed by atoms with Crippen LogP contribution >= 0.6 is 0 Å². The van der Waals surface area contributed by atoms with Crippen molar-refractivity contribution in [3.8, 4) is 5.75 Å². The molecule has 0 spiro atoms. The largest absolute Gasteiger partial charge is 0.495 e. The number of para-hydroxylation sites is 2. The number of H-pyrrole nitrogens is 1. The number of hydrogen-bond donors (Lipinski definition) is 1. The minimum Gasteiger partial charge on any atom is -0.495 e. The van der Waals surface area contributed by atoms with E-state index in [0.717, 1.165) is 87.5 Å². The molecule has 2 heterocycles. The Hall–Kier alpha value is -2.54. The minimum atomic E-state index is -0.253. The lowest BCUT2D eigenvalue weighted by Gasteiger charge is -2.36. The second-order valence-electron chi connectivity index (χ2n) is 7.91. The molecule has 2 aromatic rings. The number of nitrogens with one attached hydrogen (secondary N) is 1. The summed E-state index contributed by atoms with van der Waals surface area (Å²) in [6.45, 7) is 5.19. The highest BCUT2D eigenvalue weighted by atomic mass is 16.5. The van der Waals surface area contributed by atoms with Gasteiger partial charge in [-0.15, -0.1) is 0 Å². The van der Waals surface area contributed by atoms with E-state index in [-0.39, 0.29) is 11.2 Å². The van der Waals surface area contributed by atoms with Crippen LogP contribution in [-0.2, 0) is 19.4 Å². The van der Waals surface area contributed by atoms with Gasteiger partial charge in [-0.1, -0.05) is 12.1 Å². The number of aromatic nitrogens is 2. The van der Waals surface area contributed by atoms with Gasteiger partial charge in [0.2, 0.25) is 0 Å². The Morgan fingerprint density at radius 1 is 1.00 bits per heavy atom. The third kappa shape index (κ3) is 4.24. The lowest BCUT2D eigenvalue weighted by molar-refractivity contribution is 0.248. The first-order valence-corrected chi connectivity index (χ1v) is 10.6. The number of hydrogen-bond acceptors (Lipinski definition) is 5. The van der Waals surface area contributed by atoms with Crippen LogP contribution in [0.25, 0.3) is 0 Å². The molecule has 1 saturated heterocycles. The highest BCUT2D eigenvalue weighted by Crippen LogP contribution is 2.28. The number of benzene rings is 1. The number of aryl methyl sites for hydroxylation is 1. The number of ether oxygens (including phenoxy) is 1. The van der Waals surface area contributed by atoms with Gasteiger partial charge in [-0.3, -0.25) is 14.3 Å². The van der Waals surface area contributed by atoms with Crippen LogP contribution in [0.3, 0.4) is 0 Å². The van der Waals surface area contributed by atoms with Crippen LogP contribution in [-0.4, -0.2) is 54.3 Å². The van der Waals surface area contributed by atoms with Gasteiger partial charge >= 0.3 is 5.69 Å². The Balaban J connectivity index is 1.32. The van der Waals surface area contributed by atoms with Crippen molar-refractivity contribution < 1.29 is 4.74 Å². The number of rotatable bonds is 6. The van der Waals surface area contributed by atoms with Crippen molar-refractivity contribution in [1.82, 2.24) is 14.5 Å². The molecule has 156 valence electrons. The highest BCUT2D eigenvalue weighted by molar-refractivity contribution is 5.58. The average Bonchev–Trinajstić information content (AvgIpc) is 2.76. The van der Waals surface area contributed by atoms with E-state index < -0.39 is 0 Å². The molecule has 1 aliphatic carbocycles. The molecule has 29 heavy (non-hydrogen) atoms. The molecule has 1 fully saturated rings. The molecule has 2 aliphatic rings. The molecule has 1 aliphatic heterocycles. The number of aromatic amines is 1. The first-order chi connectivity index (χ1) is 14.2. The van der Waals surface area contributed by atoms with Gasteiger partial charge in [-0.25, -0.2) is 4.79 Å². The van der Waals surface area contributed by atoms with Crippen molar-refractivity contribution in [2.45, 2.75) is 38.6 Å². The minimum absolute atomic E-state index is 0.0792. The molecule has 1 aromatic heterocycles. The summed E-state index contributed by atoms with van der Waals surface area (Å²) in [6.07, 6.45) is 4.49. The molecule has 0 radical (unpaired) electrons. The van der Waals surface area contributed by atoms with Crippen LogP contribution in [0.2, 0.25) is 0 Å². The maximum absolute atomic E-state index is 12.7. The van der Waals surface area contributed by atoms with Crippen LogP contribution in [0.1, 0.15) is 30.5 Å². The Labute approximate surface area is 170 Å². The monoisotopic (exact) mass is 398 g/mol. The molecule has 0 amide bonds. The van der Waals surface area contributed by atoms with E-state index in [9.17, 15) is 9.59 Å². The van der Waals surface area contributed by atoms with E-state index in [0.29, 0.717) is 6.54 Å². The van der Waals surface area contributed by atoms with Crippen molar-refractivity contribution in [3.63, 3.8) is 0 Å². The normalized spacial score (nSPS) is 17.2. The number of fused-ring (bicyclic) bond motifs is 1. The summed E-state index contributed by atoms with van der Waals surface area (Å²) >= 11 is 0. The fraction of sp³-hybridized carbons (Fsp3) is 0.545. The number of nitrogens with zero attached hydrogens (tertiary/aromatic N) is 3. The molecule has 0 unspecified atom stereocenters. The third-order valence-electron chi connectivity index (χ3n) is 6.13. The highest BCUT2D eigenvalue weighted by Gasteiger charge is 2.20. The lowest BCUT2D eigenvalue weighted by Crippen LogP contribution is -2.47. The summed E-state index contributed by atoms with van der Waals surface area (Å²) in [6, 6.07) is 8.12. The van der Waals surface area contributed by atoms with Crippen LogP contribution < -0.4 is 20.9 Å². The molecule has 1 N–H and O–H groups in total. The van der Waals surface area contributed by atoms with E-state index in [1.807, 2.05) is 18.2 Å². The summed E-state index contributed by atoms with van der Waals surface area (Å²) in [7, 11) is 1.71. The fourth-order valence-electron chi connectivity index (χ4n) is 4.49. The Bertz CT molecular complexity index is 957. The predicted molar refractivity (Wildman–Crippen MR) is 114 cm³/mol. The van der Waals surface area contributed by atoms with Crippen molar-refractivity contribution in [3.05, 3.63) is 56.4 Å². The summed E-state index contributed by atoms with van der Waals surface area (Å²) < 4.78 is 6.88. The van der Waals surface area contributed by atoms with Gasteiger partial charge in [0.05, 0.1) is 12.8 Å². The predicted octanol–water partition coefficient (Wildman–Crippen LogP) is 1.64. The second kappa shape index (κ2) is 8.86. The molecular formula is C22H30N4O3.